The van der Waals surface area contributed by atoms with Crippen molar-refractivity contribution < 1.29 is 19.0 Å². The first-order valence-corrected chi connectivity index (χ1v) is 10.5. The second-order valence-corrected chi connectivity index (χ2v) is 8.24. The minimum Gasteiger partial charge on any atom is -0.485 e. The molecule has 1 unspecified atom stereocenters. The normalized spacial score (nSPS) is 25.5. The standard InChI is InChI=1S/C19H26N2O4S/c22-18(17-13-24-15-3-1-2-4-16(15)25-17)20-14-19(5-11-26-12-6-19)21-7-9-23-10-8-21/h1-4,17H,5-14H2,(H,20,22). The van der Waals surface area contributed by atoms with Gasteiger partial charge in [-0.3, -0.25) is 9.69 Å². The highest BCUT2D eigenvalue weighted by molar-refractivity contribution is 7.99. The molecule has 2 fully saturated rings. The third-order valence-corrected chi connectivity index (χ3v) is 6.48. The van der Waals surface area contributed by atoms with Crippen molar-refractivity contribution in [3.05, 3.63) is 24.3 Å². The molecule has 1 amide bonds. The third kappa shape index (κ3) is 3.80. The van der Waals surface area contributed by atoms with Gasteiger partial charge in [-0.05, 0) is 36.5 Å². The topological polar surface area (TPSA) is 60.0 Å². The Labute approximate surface area is 158 Å². The van der Waals surface area contributed by atoms with Crippen LogP contribution in [0.4, 0.5) is 0 Å². The van der Waals surface area contributed by atoms with E-state index in [0.29, 0.717) is 18.0 Å². The monoisotopic (exact) mass is 378 g/mol. The molecule has 7 heteroatoms. The van der Waals surface area contributed by atoms with Gasteiger partial charge < -0.3 is 19.5 Å². The maximum absolute atomic E-state index is 12.7. The van der Waals surface area contributed by atoms with Crippen LogP contribution in [0.25, 0.3) is 0 Å². The fraction of sp³-hybridized carbons (Fsp3) is 0.632. The lowest BCUT2D eigenvalue weighted by molar-refractivity contribution is -0.131. The Kier molecular flexibility index (Phi) is 5.57. The summed E-state index contributed by atoms with van der Waals surface area (Å²) in [5, 5.41) is 3.16. The van der Waals surface area contributed by atoms with Gasteiger partial charge >= 0.3 is 0 Å². The smallest absolute Gasteiger partial charge is 0.264 e. The molecule has 26 heavy (non-hydrogen) atoms. The molecule has 3 heterocycles. The number of hydrogen-bond acceptors (Lipinski definition) is 6. The Bertz CT molecular complexity index is 630. The van der Waals surface area contributed by atoms with Crippen LogP contribution in [0.3, 0.4) is 0 Å². The summed E-state index contributed by atoms with van der Waals surface area (Å²) in [5.74, 6) is 3.53. The van der Waals surface area contributed by atoms with E-state index in [1.54, 1.807) is 0 Å². The van der Waals surface area contributed by atoms with Crippen molar-refractivity contribution in [2.24, 2.45) is 0 Å². The van der Waals surface area contributed by atoms with Crippen LogP contribution < -0.4 is 14.8 Å². The Hall–Kier alpha value is -1.44. The summed E-state index contributed by atoms with van der Waals surface area (Å²) in [7, 11) is 0. The molecule has 0 bridgehead atoms. The first-order valence-electron chi connectivity index (χ1n) is 9.34. The van der Waals surface area contributed by atoms with Crippen LogP contribution in [-0.2, 0) is 9.53 Å². The highest BCUT2D eigenvalue weighted by Crippen LogP contribution is 2.33. The molecule has 2 saturated heterocycles. The van der Waals surface area contributed by atoms with E-state index in [0.717, 1.165) is 50.7 Å². The van der Waals surface area contributed by atoms with Crippen molar-refractivity contribution in [2.75, 3.05) is 51.0 Å². The van der Waals surface area contributed by atoms with Crippen LogP contribution >= 0.6 is 11.8 Å². The molecule has 1 atom stereocenters. The summed E-state index contributed by atoms with van der Waals surface area (Å²) in [5.41, 5.74) is 0.0398. The number of carbonyl (C=O) groups is 1. The van der Waals surface area contributed by atoms with Crippen LogP contribution in [0.1, 0.15) is 12.8 Å². The summed E-state index contributed by atoms with van der Waals surface area (Å²) in [6, 6.07) is 7.48. The van der Waals surface area contributed by atoms with Crippen LogP contribution in [-0.4, -0.2) is 73.4 Å². The Morgan fingerprint density at radius 1 is 1.19 bits per heavy atom. The number of carbonyl (C=O) groups excluding carboxylic acids is 1. The highest BCUT2D eigenvalue weighted by Gasteiger charge is 2.40. The number of ether oxygens (including phenoxy) is 3. The summed E-state index contributed by atoms with van der Waals surface area (Å²) < 4.78 is 17.0. The van der Waals surface area contributed by atoms with E-state index in [9.17, 15) is 4.79 Å². The molecule has 0 aliphatic carbocycles. The van der Waals surface area contributed by atoms with E-state index < -0.39 is 6.10 Å². The van der Waals surface area contributed by atoms with Gasteiger partial charge in [0, 0.05) is 25.2 Å². The number of morpholine rings is 1. The van der Waals surface area contributed by atoms with Gasteiger partial charge in [0.2, 0.25) is 6.10 Å². The zero-order valence-electron chi connectivity index (χ0n) is 14.9. The highest BCUT2D eigenvalue weighted by atomic mass is 32.2. The lowest BCUT2D eigenvalue weighted by atomic mass is 9.89. The van der Waals surface area contributed by atoms with Gasteiger partial charge in [-0.15, -0.1) is 0 Å². The molecule has 0 aromatic heterocycles. The van der Waals surface area contributed by atoms with Crippen LogP contribution in [0.15, 0.2) is 24.3 Å². The average Bonchev–Trinajstić information content (AvgIpc) is 2.73. The molecule has 0 radical (unpaired) electrons. The minimum absolute atomic E-state index is 0.0398. The van der Waals surface area contributed by atoms with Crippen molar-refractivity contribution in [1.82, 2.24) is 10.2 Å². The van der Waals surface area contributed by atoms with Crippen molar-refractivity contribution in [2.45, 2.75) is 24.5 Å². The second kappa shape index (κ2) is 8.06. The number of para-hydroxylation sites is 2. The maximum atomic E-state index is 12.7. The number of benzene rings is 1. The fourth-order valence-corrected chi connectivity index (χ4v) is 5.16. The van der Waals surface area contributed by atoms with Crippen molar-refractivity contribution in [3.63, 3.8) is 0 Å². The first-order chi connectivity index (χ1) is 12.8. The van der Waals surface area contributed by atoms with Crippen LogP contribution in [0.2, 0.25) is 0 Å². The molecule has 3 aliphatic rings. The molecule has 4 rings (SSSR count). The second-order valence-electron chi connectivity index (χ2n) is 7.02. The first kappa shape index (κ1) is 17.9. The fourth-order valence-electron chi connectivity index (χ4n) is 3.91. The van der Waals surface area contributed by atoms with Crippen molar-refractivity contribution >= 4 is 17.7 Å². The number of nitrogens with zero attached hydrogens (tertiary/aromatic N) is 1. The summed E-state index contributed by atoms with van der Waals surface area (Å²) in [6.07, 6.45) is 1.61. The third-order valence-electron chi connectivity index (χ3n) is 5.50. The van der Waals surface area contributed by atoms with Crippen LogP contribution in [0, 0.1) is 0 Å². The number of rotatable bonds is 4. The Morgan fingerprint density at radius 2 is 1.92 bits per heavy atom. The zero-order chi connectivity index (χ0) is 17.8. The molecule has 0 spiro atoms. The lowest BCUT2D eigenvalue weighted by Crippen LogP contribution is -2.61. The molecule has 1 N–H and O–H groups in total. The van der Waals surface area contributed by atoms with Gasteiger partial charge in [-0.2, -0.15) is 11.8 Å². The minimum atomic E-state index is -0.593. The lowest BCUT2D eigenvalue weighted by Gasteiger charge is -2.48. The molecular weight excluding hydrogens is 352 g/mol. The molecule has 1 aromatic carbocycles. The summed E-state index contributed by atoms with van der Waals surface area (Å²) >= 11 is 2.00. The average molecular weight is 378 g/mol. The van der Waals surface area contributed by atoms with Gasteiger partial charge in [0.15, 0.2) is 11.5 Å². The molecule has 3 aliphatic heterocycles. The SMILES string of the molecule is O=C(NCC1(N2CCOCC2)CCSCC1)C1COc2ccccc2O1. The van der Waals surface area contributed by atoms with E-state index in [4.69, 9.17) is 14.2 Å². The van der Waals surface area contributed by atoms with Gasteiger partial charge in [0.05, 0.1) is 13.2 Å². The van der Waals surface area contributed by atoms with Gasteiger partial charge in [-0.1, -0.05) is 12.1 Å². The van der Waals surface area contributed by atoms with E-state index in [1.165, 1.54) is 0 Å². The largest absolute Gasteiger partial charge is 0.485 e. The number of amides is 1. The molecule has 142 valence electrons. The summed E-state index contributed by atoms with van der Waals surface area (Å²) in [6.45, 7) is 4.35. The predicted molar refractivity (Wildman–Crippen MR) is 101 cm³/mol. The van der Waals surface area contributed by atoms with Gasteiger partial charge in [0.25, 0.3) is 5.91 Å². The van der Waals surface area contributed by atoms with Crippen LogP contribution in [0.5, 0.6) is 11.5 Å². The Morgan fingerprint density at radius 3 is 2.69 bits per heavy atom. The molecule has 1 aromatic rings. The number of fused-ring (bicyclic) bond motifs is 1. The van der Waals surface area contributed by atoms with E-state index in [-0.39, 0.29) is 18.1 Å². The molecule has 6 nitrogen and oxygen atoms in total. The van der Waals surface area contributed by atoms with Gasteiger partial charge in [0.1, 0.15) is 6.61 Å². The van der Waals surface area contributed by atoms with E-state index in [1.807, 2.05) is 36.0 Å². The molecule has 0 saturated carbocycles. The quantitative estimate of drug-likeness (QED) is 0.858. The zero-order valence-corrected chi connectivity index (χ0v) is 15.8. The number of thioether (sulfide) groups is 1. The van der Waals surface area contributed by atoms with Gasteiger partial charge in [-0.25, -0.2) is 0 Å². The summed E-state index contributed by atoms with van der Waals surface area (Å²) in [4.78, 5) is 15.2. The van der Waals surface area contributed by atoms with Crippen molar-refractivity contribution in [1.29, 1.82) is 0 Å². The number of hydrogen-bond donors (Lipinski definition) is 1. The van der Waals surface area contributed by atoms with E-state index in [2.05, 4.69) is 10.2 Å². The van der Waals surface area contributed by atoms with Crippen molar-refractivity contribution in [3.8, 4) is 11.5 Å². The Balaban J connectivity index is 1.39. The predicted octanol–water partition coefficient (Wildman–Crippen LogP) is 1.54. The van der Waals surface area contributed by atoms with E-state index >= 15 is 0 Å². The number of nitrogens with one attached hydrogen (secondary N) is 1. The molecular formula is C19H26N2O4S. The maximum Gasteiger partial charge on any atom is 0.264 e.